The zero-order valence-electron chi connectivity index (χ0n) is 9.84. The van der Waals surface area contributed by atoms with Crippen LogP contribution in [0.2, 0.25) is 0 Å². The molecule has 0 fully saturated rings. The Labute approximate surface area is 104 Å². The third-order valence-electron chi connectivity index (χ3n) is 2.57. The van der Waals surface area contributed by atoms with Crippen molar-refractivity contribution in [1.82, 2.24) is 25.9 Å². The van der Waals surface area contributed by atoms with Crippen molar-refractivity contribution in [2.75, 3.05) is 6.26 Å². The van der Waals surface area contributed by atoms with E-state index in [0.29, 0.717) is 12.4 Å². The van der Waals surface area contributed by atoms with Crippen LogP contribution in [0.5, 0.6) is 0 Å². The van der Waals surface area contributed by atoms with E-state index in [4.69, 9.17) is 0 Å². The van der Waals surface area contributed by atoms with Gasteiger partial charge >= 0.3 is 0 Å². The molecule has 2 aromatic rings. The standard InChI is InChI=1S/C11H15N5S/c1-8(12-7-11-13-15-16-14-11)9-3-5-10(17-2)6-4-9/h3-6,8,12H,7H2,1-2H3,(H,13,14,15,16). The summed E-state index contributed by atoms with van der Waals surface area (Å²) in [4.78, 5) is 1.28. The van der Waals surface area contributed by atoms with E-state index in [1.54, 1.807) is 11.8 Å². The number of aromatic amines is 1. The predicted molar refractivity (Wildman–Crippen MR) is 67.7 cm³/mol. The summed E-state index contributed by atoms with van der Waals surface area (Å²) in [6.07, 6.45) is 2.08. The molecule has 0 spiro atoms. The Kier molecular flexibility index (Phi) is 4.11. The van der Waals surface area contributed by atoms with Gasteiger partial charge < -0.3 is 5.32 Å². The molecule has 0 radical (unpaired) electrons. The molecule has 0 saturated carbocycles. The quantitative estimate of drug-likeness (QED) is 0.791. The molecule has 0 bridgehead atoms. The van der Waals surface area contributed by atoms with Crippen LogP contribution in [0.3, 0.4) is 0 Å². The van der Waals surface area contributed by atoms with Crippen LogP contribution in [-0.2, 0) is 6.54 Å². The van der Waals surface area contributed by atoms with Gasteiger partial charge in [0, 0.05) is 10.9 Å². The topological polar surface area (TPSA) is 66.5 Å². The molecule has 1 aromatic heterocycles. The van der Waals surface area contributed by atoms with Crippen molar-refractivity contribution in [3.05, 3.63) is 35.7 Å². The Hall–Kier alpha value is -1.40. The summed E-state index contributed by atoms with van der Waals surface area (Å²) in [5, 5.41) is 17.1. The summed E-state index contributed by atoms with van der Waals surface area (Å²) in [6, 6.07) is 8.81. The number of benzene rings is 1. The van der Waals surface area contributed by atoms with Gasteiger partial charge in [-0.05, 0) is 30.9 Å². The molecule has 0 aliphatic carbocycles. The number of H-pyrrole nitrogens is 1. The van der Waals surface area contributed by atoms with Crippen LogP contribution in [0, 0.1) is 0 Å². The summed E-state index contributed by atoms with van der Waals surface area (Å²) in [5.41, 5.74) is 1.26. The van der Waals surface area contributed by atoms with Gasteiger partial charge in [0.25, 0.3) is 0 Å². The molecule has 0 saturated heterocycles. The van der Waals surface area contributed by atoms with E-state index in [9.17, 15) is 0 Å². The molecule has 0 aliphatic heterocycles. The zero-order chi connectivity index (χ0) is 12.1. The average Bonchev–Trinajstić information content (AvgIpc) is 2.89. The largest absolute Gasteiger partial charge is 0.303 e. The molecule has 90 valence electrons. The van der Waals surface area contributed by atoms with Gasteiger partial charge in [0.05, 0.1) is 6.54 Å². The zero-order valence-corrected chi connectivity index (χ0v) is 10.7. The third kappa shape index (κ3) is 3.28. The van der Waals surface area contributed by atoms with Crippen LogP contribution < -0.4 is 5.32 Å². The fourth-order valence-corrected chi connectivity index (χ4v) is 1.92. The molecule has 5 nitrogen and oxygen atoms in total. The van der Waals surface area contributed by atoms with Crippen LogP contribution >= 0.6 is 11.8 Å². The van der Waals surface area contributed by atoms with E-state index in [-0.39, 0.29) is 6.04 Å². The Bertz CT molecular complexity index is 439. The fraction of sp³-hybridized carbons (Fsp3) is 0.364. The maximum absolute atomic E-state index is 3.90. The highest BCUT2D eigenvalue weighted by Gasteiger charge is 2.06. The molecule has 1 heterocycles. The SMILES string of the molecule is CSc1ccc(C(C)NCc2nn[nH]n2)cc1. The summed E-state index contributed by atoms with van der Waals surface area (Å²) >= 11 is 1.75. The molecule has 17 heavy (non-hydrogen) atoms. The summed E-state index contributed by atoms with van der Waals surface area (Å²) < 4.78 is 0. The van der Waals surface area contributed by atoms with E-state index in [0.717, 1.165) is 0 Å². The van der Waals surface area contributed by atoms with Crippen LogP contribution in [0.25, 0.3) is 0 Å². The number of aromatic nitrogens is 4. The predicted octanol–water partition coefficient (Wildman–Crippen LogP) is 1.77. The van der Waals surface area contributed by atoms with Gasteiger partial charge in [-0.1, -0.05) is 17.3 Å². The smallest absolute Gasteiger partial charge is 0.188 e. The Morgan fingerprint density at radius 2 is 2.12 bits per heavy atom. The lowest BCUT2D eigenvalue weighted by Gasteiger charge is -2.13. The first-order chi connectivity index (χ1) is 8.29. The van der Waals surface area contributed by atoms with E-state index >= 15 is 0 Å². The second-order valence-electron chi connectivity index (χ2n) is 3.70. The highest BCUT2D eigenvalue weighted by atomic mass is 32.2. The molecule has 0 aliphatic rings. The van der Waals surface area contributed by atoms with E-state index in [1.807, 2.05) is 0 Å². The van der Waals surface area contributed by atoms with Gasteiger partial charge in [-0.2, -0.15) is 5.21 Å². The number of rotatable bonds is 5. The van der Waals surface area contributed by atoms with Crippen molar-refractivity contribution in [3.63, 3.8) is 0 Å². The second kappa shape index (κ2) is 5.79. The van der Waals surface area contributed by atoms with Crippen LogP contribution in [-0.4, -0.2) is 26.9 Å². The van der Waals surface area contributed by atoms with Gasteiger partial charge in [-0.15, -0.1) is 22.0 Å². The summed E-state index contributed by atoms with van der Waals surface area (Å²) in [5.74, 6) is 0.678. The fourth-order valence-electron chi connectivity index (χ4n) is 1.51. The van der Waals surface area contributed by atoms with E-state index in [2.05, 4.69) is 63.4 Å². The molecule has 2 N–H and O–H groups in total. The number of hydrogen-bond donors (Lipinski definition) is 2. The molecule has 0 amide bonds. The minimum absolute atomic E-state index is 0.268. The molecule has 6 heteroatoms. The number of tetrazole rings is 1. The average molecular weight is 249 g/mol. The third-order valence-corrected chi connectivity index (χ3v) is 3.31. The normalized spacial score (nSPS) is 12.6. The molecule has 1 unspecified atom stereocenters. The molecular weight excluding hydrogens is 234 g/mol. The maximum Gasteiger partial charge on any atom is 0.188 e. The van der Waals surface area contributed by atoms with Crippen molar-refractivity contribution in [2.24, 2.45) is 0 Å². The highest BCUT2D eigenvalue weighted by Crippen LogP contribution is 2.18. The number of nitrogens with one attached hydrogen (secondary N) is 2. The maximum atomic E-state index is 3.90. The first-order valence-corrected chi connectivity index (χ1v) is 6.61. The van der Waals surface area contributed by atoms with Gasteiger partial charge in [0.2, 0.25) is 0 Å². The van der Waals surface area contributed by atoms with Crippen molar-refractivity contribution in [2.45, 2.75) is 24.4 Å². The molecule has 1 aromatic carbocycles. The number of thioether (sulfide) groups is 1. The van der Waals surface area contributed by atoms with Gasteiger partial charge in [0.1, 0.15) is 0 Å². The first-order valence-electron chi connectivity index (χ1n) is 5.39. The van der Waals surface area contributed by atoms with Gasteiger partial charge in [-0.25, -0.2) is 0 Å². The lowest BCUT2D eigenvalue weighted by atomic mass is 10.1. The molecule has 2 rings (SSSR count). The van der Waals surface area contributed by atoms with Crippen molar-refractivity contribution in [3.8, 4) is 0 Å². The van der Waals surface area contributed by atoms with E-state index in [1.165, 1.54) is 10.5 Å². The minimum atomic E-state index is 0.268. The van der Waals surface area contributed by atoms with Crippen molar-refractivity contribution in [1.29, 1.82) is 0 Å². The van der Waals surface area contributed by atoms with Crippen LogP contribution in [0.1, 0.15) is 24.4 Å². The Balaban J connectivity index is 1.92. The lowest BCUT2D eigenvalue weighted by Crippen LogP contribution is -2.18. The Morgan fingerprint density at radius 3 is 2.71 bits per heavy atom. The monoisotopic (exact) mass is 249 g/mol. The first kappa shape index (κ1) is 12.1. The van der Waals surface area contributed by atoms with Crippen LogP contribution in [0.4, 0.5) is 0 Å². The number of nitrogens with zero attached hydrogens (tertiary/aromatic N) is 3. The summed E-state index contributed by atoms with van der Waals surface area (Å²) in [7, 11) is 0. The van der Waals surface area contributed by atoms with Crippen molar-refractivity contribution >= 4 is 11.8 Å². The van der Waals surface area contributed by atoms with Gasteiger partial charge in [-0.3, -0.25) is 0 Å². The van der Waals surface area contributed by atoms with E-state index < -0.39 is 0 Å². The number of hydrogen-bond acceptors (Lipinski definition) is 5. The highest BCUT2D eigenvalue weighted by molar-refractivity contribution is 7.98. The summed E-state index contributed by atoms with van der Waals surface area (Å²) in [6.45, 7) is 2.73. The minimum Gasteiger partial charge on any atom is -0.303 e. The van der Waals surface area contributed by atoms with Gasteiger partial charge in [0.15, 0.2) is 5.82 Å². The molecule has 1 atom stereocenters. The van der Waals surface area contributed by atoms with Crippen molar-refractivity contribution < 1.29 is 0 Å². The van der Waals surface area contributed by atoms with Crippen LogP contribution in [0.15, 0.2) is 29.2 Å². The molecular formula is C11H15N5S. The second-order valence-corrected chi connectivity index (χ2v) is 4.58. The Morgan fingerprint density at radius 1 is 1.35 bits per heavy atom. The lowest BCUT2D eigenvalue weighted by molar-refractivity contribution is 0.559.